The van der Waals surface area contributed by atoms with E-state index in [1.165, 1.54) is 24.8 Å². The highest BCUT2D eigenvalue weighted by atomic mass is 79.9. The molecule has 1 aliphatic carbocycles. The van der Waals surface area contributed by atoms with Crippen molar-refractivity contribution in [1.82, 2.24) is 5.32 Å². The number of hydrogen-bond acceptors (Lipinski definition) is 3. The molecule has 0 bridgehead atoms. The third-order valence-corrected chi connectivity index (χ3v) is 5.08. The van der Waals surface area contributed by atoms with E-state index < -0.39 is 0 Å². The van der Waals surface area contributed by atoms with Gasteiger partial charge in [-0.05, 0) is 36.6 Å². The molecular formula is C16H22BrNO2. The Bertz CT molecular complexity index is 472. The van der Waals surface area contributed by atoms with Crippen LogP contribution in [-0.4, -0.2) is 29.9 Å². The van der Waals surface area contributed by atoms with Gasteiger partial charge in [-0.25, -0.2) is 0 Å². The second-order valence-electron chi connectivity index (χ2n) is 6.08. The van der Waals surface area contributed by atoms with Crippen LogP contribution in [-0.2, 0) is 6.42 Å². The van der Waals surface area contributed by atoms with E-state index in [1.807, 2.05) is 12.1 Å². The van der Waals surface area contributed by atoms with Gasteiger partial charge in [0.1, 0.15) is 11.9 Å². The van der Waals surface area contributed by atoms with Crippen molar-refractivity contribution in [3.63, 3.8) is 0 Å². The van der Waals surface area contributed by atoms with E-state index >= 15 is 0 Å². The van der Waals surface area contributed by atoms with Crippen molar-refractivity contribution < 1.29 is 9.84 Å². The zero-order valence-electron chi connectivity index (χ0n) is 11.7. The number of aliphatic hydroxyl groups is 1. The minimum Gasteiger partial charge on any atom is -0.488 e. The van der Waals surface area contributed by atoms with Gasteiger partial charge in [0, 0.05) is 23.0 Å². The van der Waals surface area contributed by atoms with Crippen molar-refractivity contribution in [2.75, 3.05) is 13.2 Å². The van der Waals surface area contributed by atoms with Crippen LogP contribution in [0, 0.1) is 0 Å². The molecule has 2 aliphatic rings. The summed E-state index contributed by atoms with van der Waals surface area (Å²) in [6.07, 6.45) is 7.01. The topological polar surface area (TPSA) is 41.5 Å². The SMILES string of the molecule is OCC1(NCC2Cc3cc(Br)ccc3O2)CCCCC1. The van der Waals surface area contributed by atoms with Crippen molar-refractivity contribution >= 4 is 15.9 Å². The van der Waals surface area contributed by atoms with Crippen molar-refractivity contribution in [1.29, 1.82) is 0 Å². The standard InChI is InChI=1S/C16H22BrNO2/c17-13-4-5-15-12(8-13)9-14(20-15)10-18-16(11-19)6-2-1-3-7-16/h4-5,8,14,18-19H,1-3,6-7,9-11H2. The van der Waals surface area contributed by atoms with Crippen LogP contribution in [0.25, 0.3) is 0 Å². The molecule has 1 aliphatic heterocycles. The Morgan fingerprint density at radius 3 is 2.85 bits per heavy atom. The van der Waals surface area contributed by atoms with Crippen LogP contribution >= 0.6 is 15.9 Å². The van der Waals surface area contributed by atoms with Gasteiger partial charge in [-0.1, -0.05) is 35.2 Å². The third-order valence-electron chi connectivity index (χ3n) is 4.58. The minimum atomic E-state index is -0.0725. The van der Waals surface area contributed by atoms with Crippen LogP contribution in [0.1, 0.15) is 37.7 Å². The van der Waals surface area contributed by atoms with Gasteiger partial charge in [-0.3, -0.25) is 0 Å². The monoisotopic (exact) mass is 339 g/mol. The molecule has 2 N–H and O–H groups in total. The van der Waals surface area contributed by atoms with Gasteiger partial charge in [-0.2, -0.15) is 0 Å². The van der Waals surface area contributed by atoms with E-state index in [0.29, 0.717) is 0 Å². The van der Waals surface area contributed by atoms with Crippen LogP contribution < -0.4 is 10.1 Å². The maximum absolute atomic E-state index is 9.72. The van der Waals surface area contributed by atoms with Gasteiger partial charge in [0.15, 0.2) is 0 Å². The zero-order chi connectivity index (χ0) is 14.0. The minimum absolute atomic E-state index is 0.0725. The van der Waals surface area contributed by atoms with E-state index in [4.69, 9.17) is 4.74 Å². The summed E-state index contributed by atoms with van der Waals surface area (Å²) in [5.74, 6) is 1.00. The fraction of sp³-hybridized carbons (Fsp3) is 0.625. The van der Waals surface area contributed by atoms with Crippen molar-refractivity contribution in [3.05, 3.63) is 28.2 Å². The summed E-state index contributed by atoms with van der Waals surface area (Å²) in [5, 5.41) is 13.3. The highest BCUT2D eigenvalue weighted by Gasteiger charge is 2.32. The summed E-state index contributed by atoms with van der Waals surface area (Å²) in [6, 6.07) is 6.19. The van der Waals surface area contributed by atoms with Crippen LogP contribution in [0.15, 0.2) is 22.7 Å². The number of halogens is 1. The number of nitrogens with one attached hydrogen (secondary N) is 1. The van der Waals surface area contributed by atoms with E-state index in [0.717, 1.165) is 36.0 Å². The lowest BCUT2D eigenvalue weighted by Gasteiger charge is -2.37. The Balaban J connectivity index is 1.57. The van der Waals surface area contributed by atoms with Crippen LogP contribution in [0.5, 0.6) is 5.75 Å². The fourth-order valence-corrected chi connectivity index (χ4v) is 3.76. The van der Waals surface area contributed by atoms with Crippen LogP contribution in [0.3, 0.4) is 0 Å². The first-order valence-electron chi connectivity index (χ1n) is 7.52. The first kappa shape index (κ1) is 14.4. The molecule has 1 atom stereocenters. The molecule has 20 heavy (non-hydrogen) atoms. The molecule has 0 amide bonds. The van der Waals surface area contributed by atoms with Gasteiger partial charge in [0.25, 0.3) is 0 Å². The number of benzene rings is 1. The highest BCUT2D eigenvalue weighted by Crippen LogP contribution is 2.32. The molecule has 1 aromatic carbocycles. The fourth-order valence-electron chi connectivity index (χ4n) is 3.35. The molecule has 4 heteroatoms. The Morgan fingerprint density at radius 2 is 2.10 bits per heavy atom. The molecule has 1 fully saturated rings. The first-order valence-corrected chi connectivity index (χ1v) is 8.31. The molecule has 1 heterocycles. The Labute approximate surface area is 128 Å². The number of hydrogen-bond donors (Lipinski definition) is 2. The summed E-state index contributed by atoms with van der Waals surface area (Å²) < 4.78 is 7.08. The average molecular weight is 340 g/mol. The second-order valence-corrected chi connectivity index (χ2v) is 6.99. The number of fused-ring (bicyclic) bond motifs is 1. The molecule has 0 radical (unpaired) electrons. The molecule has 0 spiro atoms. The Kier molecular flexibility index (Phi) is 4.34. The maximum atomic E-state index is 9.72. The molecule has 3 nitrogen and oxygen atoms in total. The summed E-state index contributed by atoms with van der Waals surface area (Å²) in [4.78, 5) is 0. The molecule has 0 saturated heterocycles. The number of aliphatic hydroxyl groups excluding tert-OH is 1. The second kappa shape index (κ2) is 6.04. The number of rotatable bonds is 4. The van der Waals surface area contributed by atoms with Crippen molar-refractivity contribution in [2.45, 2.75) is 50.2 Å². The maximum Gasteiger partial charge on any atom is 0.123 e. The zero-order valence-corrected chi connectivity index (χ0v) is 13.3. The quantitative estimate of drug-likeness (QED) is 0.885. The van der Waals surface area contributed by atoms with E-state index in [9.17, 15) is 5.11 Å². The smallest absolute Gasteiger partial charge is 0.123 e. The lowest BCUT2D eigenvalue weighted by molar-refractivity contribution is 0.105. The molecule has 1 unspecified atom stereocenters. The van der Waals surface area contributed by atoms with Crippen LogP contribution in [0.4, 0.5) is 0 Å². The highest BCUT2D eigenvalue weighted by molar-refractivity contribution is 9.10. The van der Waals surface area contributed by atoms with E-state index in [2.05, 4.69) is 27.3 Å². The Morgan fingerprint density at radius 1 is 1.30 bits per heavy atom. The van der Waals surface area contributed by atoms with Gasteiger partial charge < -0.3 is 15.2 Å². The average Bonchev–Trinajstić information content (AvgIpc) is 2.88. The summed E-state index contributed by atoms with van der Waals surface area (Å²) in [7, 11) is 0. The van der Waals surface area contributed by atoms with Gasteiger partial charge in [0.05, 0.1) is 6.61 Å². The predicted molar refractivity (Wildman–Crippen MR) is 83.2 cm³/mol. The van der Waals surface area contributed by atoms with Gasteiger partial charge in [-0.15, -0.1) is 0 Å². The first-order chi connectivity index (χ1) is 9.71. The van der Waals surface area contributed by atoms with E-state index in [1.54, 1.807) is 0 Å². The van der Waals surface area contributed by atoms with Crippen molar-refractivity contribution in [3.8, 4) is 5.75 Å². The largest absolute Gasteiger partial charge is 0.488 e. The van der Waals surface area contributed by atoms with Crippen LogP contribution in [0.2, 0.25) is 0 Å². The molecular weight excluding hydrogens is 318 g/mol. The molecule has 1 saturated carbocycles. The summed E-state index contributed by atoms with van der Waals surface area (Å²) >= 11 is 3.50. The molecule has 1 aromatic rings. The third kappa shape index (κ3) is 3.02. The normalized spacial score (nSPS) is 24.2. The Hall–Kier alpha value is -0.580. The van der Waals surface area contributed by atoms with Gasteiger partial charge >= 0.3 is 0 Å². The lowest BCUT2D eigenvalue weighted by atomic mass is 9.82. The molecule has 110 valence electrons. The van der Waals surface area contributed by atoms with Crippen molar-refractivity contribution in [2.24, 2.45) is 0 Å². The molecule has 0 aromatic heterocycles. The number of ether oxygens (including phenoxy) is 1. The van der Waals surface area contributed by atoms with Gasteiger partial charge in [0.2, 0.25) is 0 Å². The summed E-state index contributed by atoms with van der Waals surface area (Å²) in [6.45, 7) is 1.05. The summed E-state index contributed by atoms with van der Waals surface area (Å²) in [5.41, 5.74) is 1.20. The van der Waals surface area contributed by atoms with E-state index in [-0.39, 0.29) is 18.2 Å². The lowest BCUT2D eigenvalue weighted by Crippen LogP contribution is -2.52. The molecule has 3 rings (SSSR count). The predicted octanol–water partition coefficient (Wildman–Crippen LogP) is 3.04.